The van der Waals surface area contributed by atoms with Crippen molar-refractivity contribution in [3.8, 4) is 16.9 Å². The van der Waals surface area contributed by atoms with E-state index in [0.29, 0.717) is 22.1 Å². The highest BCUT2D eigenvalue weighted by Gasteiger charge is 2.11. The van der Waals surface area contributed by atoms with Gasteiger partial charge in [-0.3, -0.25) is 0 Å². The van der Waals surface area contributed by atoms with E-state index in [1.807, 2.05) is 25.3 Å². The van der Waals surface area contributed by atoms with Gasteiger partial charge in [-0.2, -0.15) is 0 Å². The Labute approximate surface area is 159 Å². The van der Waals surface area contributed by atoms with Crippen LogP contribution in [0.1, 0.15) is 11.3 Å². The molecule has 7 heteroatoms. The van der Waals surface area contributed by atoms with E-state index in [1.165, 1.54) is 29.5 Å². The zero-order valence-electron chi connectivity index (χ0n) is 14.7. The van der Waals surface area contributed by atoms with E-state index in [9.17, 15) is 8.78 Å². The molecule has 0 bridgehead atoms. The quantitative estimate of drug-likeness (QED) is 0.497. The Bertz CT molecular complexity index is 1120. The van der Waals surface area contributed by atoms with Crippen LogP contribution in [0, 0.1) is 25.5 Å². The Morgan fingerprint density at radius 1 is 1.07 bits per heavy atom. The average Bonchev–Trinajstić information content (AvgIpc) is 3.26. The molecule has 0 aliphatic heterocycles. The number of hydrogen-bond donors (Lipinski definition) is 1. The van der Waals surface area contributed by atoms with Gasteiger partial charge in [0.1, 0.15) is 11.6 Å². The van der Waals surface area contributed by atoms with Crippen molar-refractivity contribution in [3.63, 3.8) is 0 Å². The van der Waals surface area contributed by atoms with Crippen LogP contribution in [0.2, 0.25) is 0 Å². The fourth-order valence-corrected chi connectivity index (χ4v) is 3.51. The summed E-state index contributed by atoms with van der Waals surface area (Å²) in [7, 11) is 0. The Morgan fingerprint density at radius 3 is 2.63 bits per heavy atom. The van der Waals surface area contributed by atoms with Gasteiger partial charge in [-0.1, -0.05) is 6.07 Å². The van der Waals surface area contributed by atoms with Crippen LogP contribution in [-0.2, 0) is 0 Å². The number of nitrogens with zero attached hydrogens (tertiary/aromatic N) is 3. The third-order valence-corrected chi connectivity index (χ3v) is 4.93. The zero-order valence-corrected chi connectivity index (χ0v) is 15.5. The van der Waals surface area contributed by atoms with Crippen LogP contribution >= 0.6 is 11.3 Å². The first-order valence-corrected chi connectivity index (χ1v) is 9.17. The van der Waals surface area contributed by atoms with E-state index in [1.54, 1.807) is 29.2 Å². The minimum atomic E-state index is -0.346. The molecular formula is C20H16F2N4S. The van der Waals surface area contributed by atoms with Gasteiger partial charge in [-0.05, 0) is 49.7 Å². The first kappa shape index (κ1) is 17.4. The number of aromatic nitrogens is 3. The summed E-state index contributed by atoms with van der Waals surface area (Å²) < 4.78 is 29.4. The number of hydrogen-bond acceptors (Lipinski definition) is 4. The Balaban J connectivity index is 1.58. The predicted octanol–water partition coefficient (Wildman–Crippen LogP) is 5.63. The van der Waals surface area contributed by atoms with E-state index >= 15 is 0 Å². The number of nitrogens with one attached hydrogen (secondary N) is 1. The maximum Gasteiger partial charge on any atom is 0.187 e. The monoisotopic (exact) mass is 382 g/mol. The summed E-state index contributed by atoms with van der Waals surface area (Å²) in [5, 5.41) is 5.70. The molecule has 2 heterocycles. The zero-order chi connectivity index (χ0) is 19.0. The maximum atomic E-state index is 14.6. The van der Waals surface area contributed by atoms with Crippen LogP contribution in [-0.4, -0.2) is 14.5 Å². The van der Waals surface area contributed by atoms with Crippen molar-refractivity contribution in [2.45, 2.75) is 13.8 Å². The average molecular weight is 382 g/mol. The molecule has 2 aromatic heterocycles. The van der Waals surface area contributed by atoms with E-state index in [-0.39, 0.29) is 11.6 Å². The summed E-state index contributed by atoms with van der Waals surface area (Å²) in [5.74, 6) is -0.622. The Hall–Kier alpha value is -3.06. The number of imidazole rings is 1. The number of rotatable bonds is 4. The first-order valence-electron chi connectivity index (χ1n) is 8.29. The Kier molecular flexibility index (Phi) is 4.45. The molecule has 0 atom stereocenters. The summed E-state index contributed by atoms with van der Waals surface area (Å²) in [6.45, 7) is 3.68. The highest BCUT2D eigenvalue weighted by Crippen LogP contribution is 2.30. The molecule has 0 radical (unpaired) electrons. The largest absolute Gasteiger partial charge is 0.331 e. The standard InChI is InChI=1S/C20H16F2N4S/c1-12-7-15(21)4-5-17(12)24-20-25-18(10-27-20)14-3-6-19(16(22)8-14)26-9-13(2)23-11-26/h3-11H,1-2H3,(H,24,25). The second-order valence-corrected chi connectivity index (χ2v) is 7.07. The lowest BCUT2D eigenvalue weighted by atomic mass is 10.1. The van der Waals surface area contributed by atoms with Crippen molar-refractivity contribution in [1.82, 2.24) is 14.5 Å². The smallest absolute Gasteiger partial charge is 0.187 e. The molecule has 0 unspecified atom stereocenters. The van der Waals surface area contributed by atoms with Gasteiger partial charge in [0.2, 0.25) is 0 Å². The van der Waals surface area contributed by atoms with Crippen molar-refractivity contribution in [2.24, 2.45) is 0 Å². The van der Waals surface area contributed by atoms with Crippen molar-refractivity contribution in [2.75, 3.05) is 5.32 Å². The fourth-order valence-electron chi connectivity index (χ4n) is 2.77. The minimum Gasteiger partial charge on any atom is -0.331 e. The molecular weight excluding hydrogens is 366 g/mol. The SMILES string of the molecule is Cc1cn(-c2ccc(-c3csc(Nc4ccc(F)cc4C)n3)cc2F)cn1. The third kappa shape index (κ3) is 3.59. The summed E-state index contributed by atoms with van der Waals surface area (Å²) in [4.78, 5) is 8.64. The second kappa shape index (κ2) is 6.92. The molecule has 2 aromatic carbocycles. The minimum absolute atomic E-state index is 0.276. The lowest BCUT2D eigenvalue weighted by molar-refractivity contribution is 0.618. The van der Waals surface area contributed by atoms with Gasteiger partial charge >= 0.3 is 0 Å². The highest BCUT2D eigenvalue weighted by atomic mass is 32.1. The highest BCUT2D eigenvalue weighted by molar-refractivity contribution is 7.14. The number of halogens is 2. The van der Waals surface area contributed by atoms with Crippen LogP contribution in [0.15, 0.2) is 54.3 Å². The summed E-state index contributed by atoms with van der Waals surface area (Å²) in [6, 6.07) is 9.54. The normalized spacial score (nSPS) is 11.0. The predicted molar refractivity (Wildman–Crippen MR) is 104 cm³/mol. The molecule has 0 saturated carbocycles. The fraction of sp³-hybridized carbons (Fsp3) is 0.100. The third-order valence-electron chi connectivity index (χ3n) is 4.17. The first-order chi connectivity index (χ1) is 13.0. The Morgan fingerprint density at radius 2 is 1.93 bits per heavy atom. The molecule has 27 heavy (non-hydrogen) atoms. The van der Waals surface area contributed by atoms with E-state index in [0.717, 1.165) is 16.9 Å². The van der Waals surface area contributed by atoms with Gasteiger partial charge < -0.3 is 9.88 Å². The van der Waals surface area contributed by atoms with Crippen LogP contribution < -0.4 is 5.32 Å². The lowest BCUT2D eigenvalue weighted by Crippen LogP contribution is -1.95. The van der Waals surface area contributed by atoms with Crippen LogP contribution in [0.4, 0.5) is 19.6 Å². The molecule has 0 fully saturated rings. The van der Waals surface area contributed by atoms with Gasteiger partial charge in [0, 0.05) is 22.8 Å². The van der Waals surface area contributed by atoms with Gasteiger partial charge in [0.25, 0.3) is 0 Å². The van der Waals surface area contributed by atoms with Crippen LogP contribution in [0.5, 0.6) is 0 Å². The molecule has 0 aliphatic rings. The topological polar surface area (TPSA) is 42.7 Å². The molecule has 0 spiro atoms. The van der Waals surface area contributed by atoms with E-state index in [4.69, 9.17) is 0 Å². The van der Waals surface area contributed by atoms with Gasteiger partial charge in [-0.15, -0.1) is 11.3 Å². The number of benzene rings is 2. The van der Waals surface area contributed by atoms with Crippen molar-refractivity contribution >= 4 is 22.2 Å². The van der Waals surface area contributed by atoms with Crippen molar-refractivity contribution in [1.29, 1.82) is 0 Å². The molecule has 1 N–H and O–H groups in total. The van der Waals surface area contributed by atoms with Crippen molar-refractivity contribution in [3.05, 3.63) is 77.2 Å². The molecule has 0 amide bonds. The van der Waals surface area contributed by atoms with E-state index in [2.05, 4.69) is 15.3 Å². The number of anilines is 2. The second-order valence-electron chi connectivity index (χ2n) is 6.21. The van der Waals surface area contributed by atoms with Gasteiger partial charge in [0.05, 0.1) is 23.4 Å². The lowest BCUT2D eigenvalue weighted by Gasteiger charge is -2.07. The number of aryl methyl sites for hydroxylation is 2. The van der Waals surface area contributed by atoms with Crippen LogP contribution in [0.3, 0.4) is 0 Å². The van der Waals surface area contributed by atoms with Crippen LogP contribution in [0.25, 0.3) is 16.9 Å². The van der Waals surface area contributed by atoms with E-state index < -0.39 is 0 Å². The van der Waals surface area contributed by atoms with Gasteiger partial charge in [-0.25, -0.2) is 18.7 Å². The summed E-state index contributed by atoms with van der Waals surface area (Å²) in [6.07, 6.45) is 3.36. The molecule has 0 aliphatic carbocycles. The van der Waals surface area contributed by atoms with Crippen molar-refractivity contribution < 1.29 is 8.78 Å². The summed E-state index contributed by atoms with van der Waals surface area (Å²) >= 11 is 1.41. The maximum absolute atomic E-state index is 14.6. The van der Waals surface area contributed by atoms with Gasteiger partial charge in [0.15, 0.2) is 5.13 Å². The molecule has 4 nitrogen and oxygen atoms in total. The molecule has 136 valence electrons. The summed E-state index contributed by atoms with van der Waals surface area (Å²) in [5.41, 5.74) is 4.20. The molecule has 4 rings (SSSR count). The number of thiazole rings is 1. The molecule has 4 aromatic rings. The molecule has 0 saturated heterocycles.